The zero-order valence-electron chi connectivity index (χ0n) is 9.63. The molecule has 0 unspecified atom stereocenters. The molecule has 1 aromatic carbocycles. The Bertz CT molecular complexity index is 350. The average Bonchev–Trinajstić information content (AvgIpc) is 2.20. The lowest BCUT2D eigenvalue weighted by molar-refractivity contribution is 0.174. The number of benzene rings is 1. The second-order valence-electron chi connectivity index (χ2n) is 4.37. The van der Waals surface area contributed by atoms with Crippen molar-refractivity contribution in [2.24, 2.45) is 5.92 Å². The summed E-state index contributed by atoms with van der Waals surface area (Å²) in [6.07, 6.45) is 3.72. The highest BCUT2D eigenvalue weighted by Gasteiger charge is 2.19. The summed E-state index contributed by atoms with van der Waals surface area (Å²) in [5.41, 5.74) is 0.891. The van der Waals surface area contributed by atoms with Gasteiger partial charge in [-0.05, 0) is 31.9 Å². The van der Waals surface area contributed by atoms with Gasteiger partial charge in [-0.1, -0.05) is 18.6 Å². The monoisotopic (exact) mass is 223 g/mol. The van der Waals surface area contributed by atoms with Gasteiger partial charge < -0.3 is 10.1 Å². The van der Waals surface area contributed by atoms with E-state index < -0.39 is 0 Å². The van der Waals surface area contributed by atoms with E-state index in [0.29, 0.717) is 24.8 Å². The molecule has 2 rings (SSSR count). The minimum absolute atomic E-state index is 0.257. The van der Waals surface area contributed by atoms with Crippen LogP contribution in [0.4, 0.5) is 4.39 Å². The van der Waals surface area contributed by atoms with Crippen molar-refractivity contribution in [3.05, 3.63) is 29.6 Å². The first-order chi connectivity index (χ1) is 7.81. The zero-order chi connectivity index (χ0) is 11.4. The first kappa shape index (κ1) is 11.4. The fraction of sp³-hybridized carbons (Fsp3) is 0.538. The molecule has 1 aromatic rings. The van der Waals surface area contributed by atoms with Gasteiger partial charge in [-0.3, -0.25) is 0 Å². The molecule has 1 N–H and O–H groups in total. The third-order valence-electron chi connectivity index (χ3n) is 3.10. The topological polar surface area (TPSA) is 21.3 Å². The summed E-state index contributed by atoms with van der Waals surface area (Å²) in [6.45, 7) is 1.29. The van der Waals surface area contributed by atoms with E-state index in [-0.39, 0.29) is 5.82 Å². The number of para-hydroxylation sites is 1. The van der Waals surface area contributed by atoms with Crippen LogP contribution in [0.15, 0.2) is 18.2 Å². The van der Waals surface area contributed by atoms with E-state index >= 15 is 0 Å². The van der Waals surface area contributed by atoms with Gasteiger partial charge in [-0.2, -0.15) is 0 Å². The normalized spacial score (nSPS) is 15.9. The van der Waals surface area contributed by atoms with Crippen LogP contribution in [0.1, 0.15) is 24.8 Å². The molecule has 0 atom stereocenters. The molecule has 0 bridgehead atoms. The first-order valence-electron chi connectivity index (χ1n) is 5.86. The van der Waals surface area contributed by atoms with Gasteiger partial charge >= 0.3 is 0 Å². The molecule has 0 aliphatic heterocycles. The van der Waals surface area contributed by atoms with E-state index in [4.69, 9.17) is 4.74 Å². The molecule has 0 heterocycles. The largest absolute Gasteiger partial charge is 0.490 e. The highest BCUT2D eigenvalue weighted by atomic mass is 19.1. The summed E-state index contributed by atoms with van der Waals surface area (Å²) in [4.78, 5) is 0. The van der Waals surface area contributed by atoms with Gasteiger partial charge in [0.2, 0.25) is 0 Å². The lowest BCUT2D eigenvalue weighted by Crippen LogP contribution is -2.20. The van der Waals surface area contributed by atoms with Crippen molar-refractivity contribution in [1.29, 1.82) is 0 Å². The molecule has 1 aliphatic rings. The fourth-order valence-corrected chi connectivity index (χ4v) is 1.91. The highest BCUT2D eigenvalue weighted by Crippen LogP contribution is 2.29. The van der Waals surface area contributed by atoms with Crippen molar-refractivity contribution in [2.75, 3.05) is 13.7 Å². The molecular formula is C13H18FNO. The maximum atomic E-state index is 13.6. The van der Waals surface area contributed by atoms with Crippen LogP contribution in [0.2, 0.25) is 0 Å². The quantitative estimate of drug-likeness (QED) is 0.828. The highest BCUT2D eigenvalue weighted by molar-refractivity contribution is 5.34. The Morgan fingerprint density at radius 3 is 2.88 bits per heavy atom. The van der Waals surface area contributed by atoms with E-state index in [1.807, 2.05) is 13.1 Å². The number of halogens is 1. The van der Waals surface area contributed by atoms with Gasteiger partial charge in [-0.15, -0.1) is 0 Å². The van der Waals surface area contributed by atoms with E-state index in [1.54, 1.807) is 6.07 Å². The van der Waals surface area contributed by atoms with Crippen LogP contribution >= 0.6 is 0 Å². The van der Waals surface area contributed by atoms with Gasteiger partial charge in [-0.25, -0.2) is 4.39 Å². The number of rotatable bonds is 5. The van der Waals surface area contributed by atoms with Crippen molar-refractivity contribution in [1.82, 2.24) is 5.32 Å². The van der Waals surface area contributed by atoms with Crippen molar-refractivity contribution < 1.29 is 9.13 Å². The first-order valence-corrected chi connectivity index (χ1v) is 5.86. The third kappa shape index (κ3) is 2.53. The van der Waals surface area contributed by atoms with Crippen molar-refractivity contribution in [2.45, 2.75) is 25.8 Å². The molecule has 0 radical (unpaired) electrons. The van der Waals surface area contributed by atoms with Gasteiger partial charge in [0.25, 0.3) is 0 Å². The van der Waals surface area contributed by atoms with E-state index in [0.717, 1.165) is 5.56 Å². The van der Waals surface area contributed by atoms with Gasteiger partial charge in [0.05, 0.1) is 6.61 Å². The standard InChI is InChI=1S/C13H18FNO/c1-15-8-11-6-3-7-12(14)13(11)16-9-10-4-2-5-10/h3,6-7,10,15H,2,4-5,8-9H2,1H3. The van der Waals surface area contributed by atoms with Crippen LogP contribution < -0.4 is 10.1 Å². The fourth-order valence-electron chi connectivity index (χ4n) is 1.91. The Morgan fingerprint density at radius 2 is 2.25 bits per heavy atom. The molecule has 0 spiro atoms. The molecule has 88 valence electrons. The lowest BCUT2D eigenvalue weighted by Gasteiger charge is -2.25. The predicted octanol–water partition coefficient (Wildman–Crippen LogP) is 2.72. The number of ether oxygens (including phenoxy) is 1. The number of hydrogen-bond donors (Lipinski definition) is 1. The minimum Gasteiger partial charge on any atom is -0.490 e. The SMILES string of the molecule is CNCc1cccc(F)c1OCC1CCC1. The van der Waals surface area contributed by atoms with Gasteiger partial charge in [0.15, 0.2) is 11.6 Å². The maximum absolute atomic E-state index is 13.6. The molecule has 2 nitrogen and oxygen atoms in total. The zero-order valence-corrected chi connectivity index (χ0v) is 9.63. The molecule has 0 aromatic heterocycles. The summed E-state index contributed by atoms with van der Waals surface area (Å²) in [5, 5.41) is 3.02. The van der Waals surface area contributed by atoms with Crippen LogP contribution in [0, 0.1) is 11.7 Å². The average molecular weight is 223 g/mol. The van der Waals surface area contributed by atoms with E-state index in [9.17, 15) is 4.39 Å². The predicted molar refractivity (Wildman–Crippen MR) is 62.0 cm³/mol. The minimum atomic E-state index is -0.257. The van der Waals surface area contributed by atoms with Crippen LogP contribution in [-0.4, -0.2) is 13.7 Å². The number of nitrogens with one attached hydrogen (secondary N) is 1. The third-order valence-corrected chi connectivity index (χ3v) is 3.10. The molecular weight excluding hydrogens is 205 g/mol. The Labute approximate surface area is 95.8 Å². The molecule has 1 aliphatic carbocycles. The smallest absolute Gasteiger partial charge is 0.165 e. The van der Waals surface area contributed by atoms with Gasteiger partial charge in [0.1, 0.15) is 0 Å². The Hall–Kier alpha value is -1.09. The van der Waals surface area contributed by atoms with Crippen molar-refractivity contribution in [3.63, 3.8) is 0 Å². The lowest BCUT2D eigenvalue weighted by atomic mass is 9.86. The van der Waals surface area contributed by atoms with E-state index in [2.05, 4.69) is 5.32 Å². The molecule has 1 saturated carbocycles. The van der Waals surface area contributed by atoms with Crippen LogP contribution in [-0.2, 0) is 6.54 Å². The van der Waals surface area contributed by atoms with Crippen LogP contribution in [0.25, 0.3) is 0 Å². The summed E-state index contributed by atoms with van der Waals surface area (Å²) in [5.74, 6) is 0.790. The number of hydrogen-bond acceptors (Lipinski definition) is 2. The molecule has 3 heteroatoms. The van der Waals surface area contributed by atoms with Crippen molar-refractivity contribution >= 4 is 0 Å². The summed E-state index contributed by atoms with van der Waals surface area (Å²) in [6, 6.07) is 5.07. The Balaban J connectivity index is 2.03. The molecule has 16 heavy (non-hydrogen) atoms. The van der Waals surface area contributed by atoms with Crippen LogP contribution in [0.3, 0.4) is 0 Å². The second kappa shape index (κ2) is 5.30. The second-order valence-corrected chi connectivity index (χ2v) is 4.37. The summed E-state index contributed by atoms with van der Waals surface area (Å²) >= 11 is 0. The summed E-state index contributed by atoms with van der Waals surface area (Å²) in [7, 11) is 1.85. The van der Waals surface area contributed by atoms with Crippen LogP contribution in [0.5, 0.6) is 5.75 Å². The Kier molecular flexibility index (Phi) is 3.78. The molecule has 0 amide bonds. The molecule has 0 saturated heterocycles. The molecule has 1 fully saturated rings. The van der Waals surface area contributed by atoms with E-state index in [1.165, 1.54) is 25.3 Å². The summed E-state index contributed by atoms with van der Waals surface area (Å²) < 4.78 is 19.2. The van der Waals surface area contributed by atoms with Crippen molar-refractivity contribution in [3.8, 4) is 5.75 Å². The Morgan fingerprint density at radius 1 is 1.44 bits per heavy atom. The maximum Gasteiger partial charge on any atom is 0.165 e. The van der Waals surface area contributed by atoms with Gasteiger partial charge in [0, 0.05) is 12.1 Å².